The lowest BCUT2D eigenvalue weighted by molar-refractivity contribution is -0.0353. The average molecular weight is 263 g/mol. The van der Waals surface area contributed by atoms with Crippen LogP contribution in [0.4, 0.5) is 0 Å². The van der Waals surface area contributed by atoms with E-state index in [1.54, 1.807) is 0 Å². The summed E-state index contributed by atoms with van der Waals surface area (Å²) in [5, 5.41) is 3.75. The Morgan fingerprint density at radius 1 is 0.947 bits per heavy atom. The predicted octanol–water partition coefficient (Wildman–Crippen LogP) is 3.50. The lowest BCUT2D eigenvalue weighted by atomic mass is 9.97. The van der Waals surface area contributed by atoms with E-state index in [2.05, 4.69) is 5.32 Å². The second-order valence-electron chi connectivity index (χ2n) is 7.67. The van der Waals surface area contributed by atoms with Crippen LogP contribution in [0.25, 0.3) is 0 Å². The molecule has 1 aliphatic heterocycles. The Bertz CT molecular complexity index is 303. The Morgan fingerprint density at radius 3 is 2.26 bits per heavy atom. The molecule has 0 amide bonds. The van der Waals surface area contributed by atoms with Crippen LogP contribution in [0.15, 0.2) is 0 Å². The summed E-state index contributed by atoms with van der Waals surface area (Å²) in [6.45, 7) is 2.37. The normalized spacial score (nSPS) is 33.6. The molecule has 0 radical (unpaired) electrons. The van der Waals surface area contributed by atoms with E-state index in [0.717, 1.165) is 24.3 Å². The Morgan fingerprint density at radius 2 is 1.63 bits per heavy atom. The second-order valence-corrected chi connectivity index (χ2v) is 7.67. The number of ether oxygens (including phenoxy) is 1. The molecule has 1 atom stereocenters. The zero-order valence-corrected chi connectivity index (χ0v) is 12.2. The first kappa shape index (κ1) is 12.6. The van der Waals surface area contributed by atoms with E-state index in [0.29, 0.717) is 11.7 Å². The van der Waals surface area contributed by atoms with Gasteiger partial charge in [0.25, 0.3) is 0 Å². The highest BCUT2D eigenvalue weighted by molar-refractivity contribution is 4.95. The molecule has 1 N–H and O–H groups in total. The fourth-order valence-electron chi connectivity index (χ4n) is 4.60. The molecular weight excluding hydrogens is 234 g/mol. The zero-order valence-electron chi connectivity index (χ0n) is 12.2. The summed E-state index contributed by atoms with van der Waals surface area (Å²) in [5.74, 6) is 3.15. The molecule has 108 valence electrons. The summed E-state index contributed by atoms with van der Waals surface area (Å²) >= 11 is 0. The van der Waals surface area contributed by atoms with Gasteiger partial charge >= 0.3 is 0 Å². The molecular formula is C17H29NO. The molecule has 1 unspecified atom stereocenters. The first-order valence-electron chi connectivity index (χ1n) is 8.73. The third kappa shape index (κ3) is 2.85. The fraction of sp³-hybridized carbons (Fsp3) is 1.00. The maximum Gasteiger partial charge on any atom is 0.0708 e. The Labute approximate surface area is 117 Å². The van der Waals surface area contributed by atoms with Crippen molar-refractivity contribution in [3.05, 3.63) is 0 Å². The smallest absolute Gasteiger partial charge is 0.0708 e. The molecule has 1 heterocycles. The van der Waals surface area contributed by atoms with Gasteiger partial charge in [0.2, 0.25) is 0 Å². The van der Waals surface area contributed by atoms with E-state index in [-0.39, 0.29) is 0 Å². The highest BCUT2D eigenvalue weighted by Gasteiger charge is 2.43. The molecule has 19 heavy (non-hydrogen) atoms. The van der Waals surface area contributed by atoms with E-state index < -0.39 is 0 Å². The molecule has 2 heteroatoms. The molecule has 3 aliphatic carbocycles. The molecule has 0 aromatic heterocycles. The quantitative estimate of drug-likeness (QED) is 0.792. The molecule has 0 aromatic carbocycles. The first-order chi connectivity index (χ1) is 9.35. The maximum absolute atomic E-state index is 6.38. The summed E-state index contributed by atoms with van der Waals surface area (Å²) in [5.41, 5.74) is 0.318. The van der Waals surface area contributed by atoms with Crippen LogP contribution in [0.5, 0.6) is 0 Å². The Hall–Kier alpha value is -0.0800. The molecule has 3 saturated carbocycles. The number of nitrogens with one attached hydrogen (secondary N) is 1. The fourth-order valence-corrected chi connectivity index (χ4v) is 4.60. The summed E-state index contributed by atoms with van der Waals surface area (Å²) in [6.07, 6.45) is 14.6. The largest absolute Gasteiger partial charge is 0.370 e. The van der Waals surface area contributed by atoms with Crippen LogP contribution >= 0.6 is 0 Å². The lowest BCUT2D eigenvalue weighted by Crippen LogP contribution is -2.34. The monoisotopic (exact) mass is 263 g/mol. The Kier molecular flexibility index (Phi) is 3.35. The van der Waals surface area contributed by atoms with Gasteiger partial charge in [-0.15, -0.1) is 0 Å². The van der Waals surface area contributed by atoms with Crippen LogP contribution in [0.3, 0.4) is 0 Å². The van der Waals surface area contributed by atoms with E-state index in [1.807, 2.05) is 0 Å². The van der Waals surface area contributed by atoms with Crippen LogP contribution < -0.4 is 5.32 Å². The number of hydrogen-bond donors (Lipinski definition) is 1. The molecule has 4 aliphatic rings. The number of hydrogen-bond acceptors (Lipinski definition) is 2. The molecule has 1 saturated heterocycles. The van der Waals surface area contributed by atoms with E-state index in [1.165, 1.54) is 70.8 Å². The lowest BCUT2D eigenvalue weighted by Gasteiger charge is -2.24. The molecule has 4 fully saturated rings. The van der Waals surface area contributed by atoms with Crippen LogP contribution in [0.2, 0.25) is 0 Å². The third-order valence-electron chi connectivity index (χ3n) is 6.06. The molecule has 2 nitrogen and oxygen atoms in total. The third-order valence-corrected chi connectivity index (χ3v) is 6.06. The Balaban J connectivity index is 1.20. The van der Waals surface area contributed by atoms with Crippen LogP contribution in [-0.4, -0.2) is 24.8 Å². The maximum atomic E-state index is 6.38. The molecule has 4 rings (SSSR count). The molecule has 0 aromatic rings. The van der Waals surface area contributed by atoms with Gasteiger partial charge in [-0.2, -0.15) is 0 Å². The summed E-state index contributed by atoms with van der Waals surface area (Å²) in [4.78, 5) is 0. The van der Waals surface area contributed by atoms with Crippen molar-refractivity contribution in [2.24, 2.45) is 17.8 Å². The number of rotatable bonds is 6. The summed E-state index contributed by atoms with van der Waals surface area (Å²) in [7, 11) is 0. The minimum absolute atomic E-state index is 0.318. The van der Waals surface area contributed by atoms with Crippen molar-refractivity contribution in [3.63, 3.8) is 0 Å². The predicted molar refractivity (Wildman–Crippen MR) is 77.1 cm³/mol. The average Bonchev–Trinajstić information content (AvgIpc) is 3.35. The van der Waals surface area contributed by atoms with Gasteiger partial charge in [0, 0.05) is 6.54 Å². The van der Waals surface area contributed by atoms with Gasteiger partial charge < -0.3 is 10.1 Å². The summed E-state index contributed by atoms with van der Waals surface area (Å²) in [6, 6.07) is 0. The highest BCUT2D eigenvalue weighted by atomic mass is 16.5. The van der Waals surface area contributed by atoms with Crippen molar-refractivity contribution in [1.29, 1.82) is 0 Å². The van der Waals surface area contributed by atoms with Crippen molar-refractivity contribution < 1.29 is 4.74 Å². The van der Waals surface area contributed by atoms with Gasteiger partial charge in [0.1, 0.15) is 0 Å². The zero-order chi connectivity index (χ0) is 12.7. The van der Waals surface area contributed by atoms with E-state index >= 15 is 0 Å². The van der Waals surface area contributed by atoms with Gasteiger partial charge in [-0.05, 0) is 75.7 Å². The van der Waals surface area contributed by atoms with Crippen LogP contribution in [-0.2, 0) is 4.74 Å². The van der Waals surface area contributed by atoms with Crippen molar-refractivity contribution in [2.45, 2.75) is 75.9 Å². The second kappa shape index (κ2) is 5.04. The minimum Gasteiger partial charge on any atom is -0.370 e. The van der Waals surface area contributed by atoms with Crippen molar-refractivity contribution in [2.75, 3.05) is 13.1 Å². The van der Waals surface area contributed by atoms with Crippen LogP contribution in [0.1, 0.15) is 64.2 Å². The topological polar surface area (TPSA) is 21.3 Å². The molecule has 1 spiro atoms. The highest BCUT2D eigenvalue weighted by Crippen LogP contribution is 2.49. The minimum atomic E-state index is 0.318. The van der Waals surface area contributed by atoms with Gasteiger partial charge in [0.05, 0.1) is 11.7 Å². The van der Waals surface area contributed by atoms with Gasteiger partial charge in [-0.3, -0.25) is 0 Å². The van der Waals surface area contributed by atoms with Gasteiger partial charge in [-0.1, -0.05) is 12.8 Å². The van der Waals surface area contributed by atoms with Gasteiger partial charge in [0.15, 0.2) is 0 Å². The first-order valence-corrected chi connectivity index (χ1v) is 8.73. The van der Waals surface area contributed by atoms with Crippen LogP contribution in [0, 0.1) is 17.8 Å². The van der Waals surface area contributed by atoms with E-state index in [4.69, 9.17) is 4.74 Å². The van der Waals surface area contributed by atoms with E-state index in [9.17, 15) is 0 Å². The summed E-state index contributed by atoms with van der Waals surface area (Å²) < 4.78 is 6.38. The van der Waals surface area contributed by atoms with Gasteiger partial charge in [-0.25, -0.2) is 0 Å². The van der Waals surface area contributed by atoms with Crippen molar-refractivity contribution >= 4 is 0 Å². The van der Waals surface area contributed by atoms with Crippen molar-refractivity contribution in [3.8, 4) is 0 Å². The van der Waals surface area contributed by atoms with Crippen molar-refractivity contribution in [1.82, 2.24) is 5.32 Å². The SMILES string of the molecule is C1CCC2(C1)CCC(CNCC(C1CC1)C1CC1)O2. The molecule has 0 bridgehead atoms. The standard InChI is InChI=1S/C17H29NO/c1-2-9-17(8-1)10-7-15(19-17)11-18-12-16(13-3-4-13)14-5-6-14/h13-16,18H,1-12H2.